The van der Waals surface area contributed by atoms with Gasteiger partial charge < -0.3 is 30.5 Å². The van der Waals surface area contributed by atoms with Crippen molar-refractivity contribution in [2.75, 3.05) is 36.0 Å². The van der Waals surface area contributed by atoms with Gasteiger partial charge in [0.25, 0.3) is 0 Å². The summed E-state index contributed by atoms with van der Waals surface area (Å²) in [6.45, 7) is 0.498. The molecule has 0 saturated carbocycles. The molecule has 0 radical (unpaired) electrons. The number of hydrogen-bond acceptors (Lipinski definition) is 8. The molecule has 0 spiro atoms. The van der Waals surface area contributed by atoms with Crippen LogP contribution in [0.4, 0.5) is 35.9 Å². The van der Waals surface area contributed by atoms with Gasteiger partial charge in [-0.1, -0.05) is 71.7 Å². The highest BCUT2D eigenvalue weighted by molar-refractivity contribution is 7.89. The second-order valence-corrected chi connectivity index (χ2v) is 16.1. The molecule has 5 N–H and O–H groups in total. The number of halogens is 5. The molecular formula is C41H41Cl2F3N4O5S. The lowest BCUT2D eigenvalue weighted by Gasteiger charge is -2.29. The van der Waals surface area contributed by atoms with Crippen molar-refractivity contribution in [2.45, 2.75) is 49.1 Å². The molecule has 15 heteroatoms. The monoisotopic (exact) mass is 828 g/mol. The Hall–Kier alpha value is -4.34. The number of nitrogens with zero attached hydrogens (tertiary/aromatic N) is 2. The smallest absolute Gasteiger partial charge is 0.406 e. The summed E-state index contributed by atoms with van der Waals surface area (Å²) < 4.78 is 68.2. The highest BCUT2D eigenvalue weighted by atomic mass is 35.5. The number of β-amino-alcohol motifs (C(OH)–C–C–N with tert-alkyl or cyclic N) is 2. The normalized spacial score (nSPS) is 14.8. The van der Waals surface area contributed by atoms with Crippen LogP contribution >= 0.6 is 23.2 Å². The van der Waals surface area contributed by atoms with Crippen LogP contribution in [0.5, 0.6) is 5.75 Å². The Kier molecular flexibility index (Phi) is 13.2. The van der Waals surface area contributed by atoms with Crippen molar-refractivity contribution < 1.29 is 36.5 Å². The molecule has 0 amide bonds. The molecule has 2 unspecified atom stereocenters. The van der Waals surface area contributed by atoms with Gasteiger partial charge in [0.05, 0.1) is 30.2 Å². The molecule has 2 aliphatic heterocycles. The van der Waals surface area contributed by atoms with E-state index in [4.69, 9.17) is 28.9 Å². The number of alkyl halides is 3. The van der Waals surface area contributed by atoms with Crippen LogP contribution in [0.1, 0.15) is 22.3 Å². The lowest BCUT2D eigenvalue weighted by molar-refractivity contribution is -0.274. The van der Waals surface area contributed by atoms with E-state index >= 15 is 0 Å². The van der Waals surface area contributed by atoms with E-state index in [1.54, 1.807) is 0 Å². The summed E-state index contributed by atoms with van der Waals surface area (Å²) in [6, 6.07) is 31.5. The number of aryl methyl sites for hydroxylation is 4. The SMILES string of the molecule is NCC(O)CN1c2ccccc2CCc2ccc(Cl)cc21.O=S(=O)(NCC(O)CN1c2ccccc2CCc2ccc(Cl)cc21)c1ccc(OC(F)(F)F)cc1. The van der Waals surface area contributed by atoms with Crippen molar-refractivity contribution in [3.63, 3.8) is 0 Å². The number of nitrogens with one attached hydrogen (secondary N) is 1. The van der Waals surface area contributed by atoms with Gasteiger partial charge in [0.2, 0.25) is 10.0 Å². The molecule has 0 bridgehead atoms. The number of para-hydroxylation sites is 2. The Labute approximate surface area is 334 Å². The van der Waals surface area contributed by atoms with Crippen molar-refractivity contribution in [3.8, 4) is 5.75 Å². The Morgan fingerprint density at radius 3 is 1.59 bits per heavy atom. The molecule has 56 heavy (non-hydrogen) atoms. The molecule has 296 valence electrons. The van der Waals surface area contributed by atoms with Crippen molar-refractivity contribution in [3.05, 3.63) is 141 Å². The second-order valence-electron chi connectivity index (χ2n) is 13.4. The van der Waals surface area contributed by atoms with E-state index in [-0.39, 0.29) is 24.5 Å². The van der Waals surface area contributed by atoms with Crippen LogP contribution in [0.2, 0.25) is 10.0 Å². The molecular weight excluding hydrogens is 788 g/mol. The van der Waals surface area contributed by atoms with E-state index in [1.165, 1.54) is 11.1 Å². The fourth-order valence-electron chi connectivity index (χ4n) is 6.83. The van der Waals surface area contributed by atoms with Gasteiger partial charge in [-0.3, -0.25) is 0 Å². The number of rotatable bonds is 10. The predicted molar refractivity (Wildman–Crippen MR) is 214 cm³/mol. The largest absolute Gasteiger partial charge is 0.573 e. The molecule has 0 aliphatic carbocycles. The van der Waals surface area contributed by atoms with Crippen LogP contribution in [0.15, 0.2) is 114 Å². The summed E-state index contributed by atoms with van der Waals surface area (Å²) in [5.41, 5.74) is 14.2. The third-order valence-electron chi connectivity index (χ3n) is 9.50. The van der Waals surface area contributed by atoms with Crippen molar-refractivity contribution in [1.82, 2.24) is 4.72 Å². The first-order valence-electron chi connectivity index (χ1n) is 17.9. The standard InChI is InChI=1S/C24H22ClF3N2O4S.C17H19ClN2O/c25-18-8-7-17-6-5-16-3-1-2-4-22(16)30(23(17)13-18)15-19(31)14-29-35(32,33)21-11-9-20(10-12-21)34-24(26,27)28;18-14-8-7-13-6-5-12-3-1-2-4-16(12)20(17(13)9-14)11-15(21)10-19/h1-4,7-13,19,29,31H,5-6,14-15H2;1-4,7-9,15,21H,5-6,10-11,19H2. The Bertz CT molecular complexity index is 2250. The van der Waals surface area contributed by atoms with Gasteiger partial charge in [-0.15, -0.1) is 13.2 Å². The minimum Gasteiger partial charge on any atom is -0.406 e. The number of aliphatic hydroxyl groups excluding tert-OH is 2. The molecule has 5 aromatic carbocycles. The minimum absolute atomic E-state index is 0.0885. The average Bonchev–Trinajstić information content (AvgIpc) is 3.41. The van der Waals surface area contributed by atoms with Crippen LogP contribution < -0.4 is 25.0 Å². The van der Waals surface area contributed by atoms with Gasteiger partial charge in [0.1, 0.15) is 5.75 Å². The third kappa shape index (κ3) is 10.3. The number of hydrogen-bond donors (Lipinski definition) is 4. The number of sulfonamides is 1. The van der Waals surface area contributed by atoms with E-state index in [0.29, 0.717) is 16.6 Å². The molecule has 9 nitrogen and oxygen atoms in total. The highest BCUT2D eigenvalue weighted by Gasteiger charge is 2.31. The summed E-state index contributed by atoms with van der Waals surface area (Å²) in [7, 11) is -4.08. The number of fused-ring (bicyclic) bond motifs is 4. The van der Waals surface area contributed by atoms with Crippen LogP contribution in [0.25, 0.3) is 0 Å². The summed E-state index contributed by atoms with van der Waals surface area (Å²) in [5, 5.41) is 22.0. The zero-order chi connectivity index (χ0) is 40.0. The molecule has 2 heterocycles. The Morgan fingerprint density at radius 2 is 1.12 bits per heavy atom. The summed E-state index contributed by atoms with van der Waals surface area (Å²) in [5.74, 6) is -0.534. The molecule has 7 rings (SSSR count). The van der Waals surface area contributed by atoms with Gasteiger partial charge in [-0.2, -0.15) is 0 Å². The van der Waals surface area contributed by atoms with Gasteiger partial charge in [0.15, 0.2) is 0 Å². The third-order valence-corrected chi connectivity index (χ3v) is 11.4. The number of nitrogens with two attached hydrogens (primary N) is 1. The highest BCUT2D eigenvalue weighted by Crippen LogP contribution is 2.39. The van der Waals surface area contributed by atoms with Crippen LogP contribution in [0.3, 0.4) is 0 Å². The Morgan fingerprint density at radius 1 is 0.679 bits per heavy atom. The van der Waals surface area contributed by atoms with Crippen LogP contribution in [-0.4, -0.2) is 63.4 Å². The van der Waals surface area contributed by atoms with Crippen molar-refractivity contribution in [2.24, 2.45) is 5.73 Å². The molecule has 0 fully saturated rings. The van der Waals surface area contributed by atoms with E-state index < -0.39 is 34.3 Å². The lowest BCUT2D eigenvalue weighted by Crippen LogP contribution is -2.39. The second kappa shape index (κ2) is 17.9. The molecule has 5 aromatic rings. The molecule has 2 atom stereocenters. The fourth-order valence-corrected chi connectivity index (χ4v) is 8.24. The zero-order valence-electron chi connectivity index (χ0n) is 30.1. The van der Waals surface area contributed by atoms with Crippen molar-refractivity contribution in [1.29, 1.82) is 0 Å². The number of aliphatic hydroxyl groups is 2. The maximum absolute atomic E-state index is 12.6. The van der Waals surface area contributed by atoms with E-state index in [9.17, 15) is 31.8 Å². The number of ether oxygens (including phenoxy) is 1. The van der Waals surface area contributed by atoms with Crippen molar-refractivity contribution >= 4 is 56.0 Å². The van der Waals surface area contributed by atoms with E-state index in [0.717, 1.165) is 83.8 Å². The van der Waals surface area contributed by atoms with Gasteiger partial charge in [0, 0.05) is 45.9 Å². The quantitative estimate of drug-likeness (QED) is 0.113. The Balaban J connectivity index is 0.000000215. The summed E-state index contributed by atoms with van der Waals surface area (Å²) >= 11 is 12.4. The number of anilines is 4. The van der Waals surface area contributed by atoms with Crippen LogP contribution in [0, 0.1) is 0 Å². The van der Waals surface area contributed by atoms with Crippen LogP contribution in [-0.2, 0) is 35.7 Å². The molecule has 0 aromatic heterocycles. The topological polar surface area (TPSA) is 128 Å². The van der Waals surface area contributed by atoms with E-state index in [2.05, 4.69) is 38.6 Å². The van der Waals surface area contributed by atoms with Gasteiger partial charge >= 0.3 is 6.36 Å². The van der Waals surface area contributed by atoms with Gasteiger partial charge in [-0.25, -0.2) is 13.1 Å². The summed E-state index contributed by atoms with van der Waals surface area (Å²) in [6.07, 6.45) is -3.00. The first kappa shape index (κ1) is 41.3. The fraction of sp³-hybridized carbons (Fsp3) is 0.268. The molecule has 2 aliphatic rings. The predicted octanol–water partition coefficient (Wildman–Crippen LogP) is 7.71. The lowest BCUT2D eigenvalue weighted by atomic mass is 10.0. The average molecular weight is 830 g/mol. The minimum atomic E-state index is -4.88. The zero-order valence-corrected chi connectivity index (χ0v) is 32.4. The first-order valence-corrected chi connectivity index (χ1v) is 20.1. The maximum Gasteiger partial charge on any atom is 0.573 e. The number of benzene rings is 5. The maximum atomic E-state index is 12.6. The molecule has 0 saturated heterocycles. The first-order chi connectivity index (χ1) is 26.7. The van der Waals surface area contributed by atoms with Gasteiger partial charge in [-0.05, 0) is 109 Å². The van der Waals surface area contributed by atoms with E-state index in [1.807, 2.05) is 65.6 Å². The summed E-state index contributed by atoms with van der Waals surface area (Å²) in [4.78, 5) is 3.81.